The number of carbonyl (C=O) groups is 2. The number of hydrogen-bond donors (Lipinski definition) is 1. The van der Waals surface area contributed by atoms with Gasteiger partial charge in [0.25, 0.3) is 0 Å². The molecule has 2 atom stereocenters. The molecule has 0 aromatic carbocycles. The van der Waals surface area contributed by atoms with Gasteiger partial charge in [-0.1, -0.05) is 0 Å². The van der Waals surface area contributed by atoms with Gasteiger partial charge in [-0.25, -0.2) is 0 Å². The van der Waals surface area contributed by atoms with E-state index >= 15 is 0 Å². The summed E-state index contributed by atoms with van der Waals surface area (Å²) in [6, 6.07) is 0. The minimum absolute atomic E-state index is 0.0622. The summed E-state index contributed by atoms with van der Waals surface area (Å²) in [5, 5.41) is 9.53. The van der Waals surface area contributed by atoms with Gasteiger partial charge < -0.3 is 14.9 Å². The monoisotopic (exact) mass is 254 g/mol. The summed E-state index contributed by atoms with van der Waals surface area (Å²) < 4.78 is 0. The number of nitrogens with zero attached hydrogens (tertiary/aromatic N) is 2. The minimum Gasteiger partial charge on any atom is -0.393 e. The molecule has 102 valence electrons. The number of aliphatic hydroxyl groups excluding tert-OH is 1. The normalized spacial score (nSPS) is 27.7. The van der Waals surface area contributed by atoms with Crippen molar-refractivity contribution in [3.05, 3.63) is 0 Å². The molecule has 2 aliphatic heterocycles. The summed E-state index contributed by atoms with van der Waals surface area (Å²) >= 11 is 0. The van der Waals surface area contributed by atoms with Crippen molar-refractivity contribution in [3.63, 3.8) is 0 Å². The Hall–Kier alpha value is -1.10. The third kappa shape index (κ3) is 2.66. The highest BCUT2D eigenvalue weighted by Crippen LogP contribution is 2.24. The van der Waals surface area contributed by atoms with Crippen LogP contribution in [0, 0.1) is 11.8 Å². The second-order valence-electron chi connectivity index (χ2n) is 5.58. The van der Waals surface area contributed by atoms with Crippen LogP contribution in [0.15, 0.2) is 0 Å². The molecule has 1 N–H and O–H groups in total. The molecule has 2 rings (SSSR count). The Morgan fingerprint density at radius 2 is 2.00 bits per heavy atom. The summed E-state index contributed by atoms with van der Waals surface area (Å²) in [5.74, 6) is 0.316. The van der Waals surface area contributed by atoms with E-state index in [4.69, 9.17) is 0 Å². The number of likely N-dealkylation sites (tertiary alicyclic amines) is 2. The summed E-state index contributed by atoms with van der Waals surface area (Å²) in [6.07, 6.45) is 1.78. The van der Waals surface area contributed by atoms with Crippen LogP contribution >= 0.6 is 0 Å². The van der Waals surface area contributed by atoms with Crippen molar-refractivity contribution < 1.29 is 14.7 Å². The van der Waals surface area contributed by atoms with Gasteiger partial charge in [0, 0.05) is 33.1 Å². The lowest BCUT2D eigenvalue weighted by Gasteiger charge is -2.34. The first kappa shape index (κ1) is 13.3. The Balaban J connectivity index is 1.86. The van der Waals surface area contributed by atoms with E-state index in [1.165, 1.54) is 0 Å². The van der Waals surface area contributed by atoms with Crippen LogP contribution in [-0.2, 0) is 9.59 Å². The zero-order valence-electron chi connectivity index (χ0n) is 11.1. The van der Waals surface area contributed by atoms with Crippen molar-refractivity contribution in [2.45, 2.75) is 32.3 Å². The summed E-state index contributed by atoms with van der Waals surface area (Å²) in [4.78, 5) is 27.2. The second kappa shape index (κ2) is 5.26. The predicted molar refractivity (Wildman–Crippen MR) is 66.7 cm³/mol. The second-order valence-corrected chi connectivity index (χ2v) is 5.58. The smallest absolute Gasteiger partial charge is 0.227 e. The predicted octanol–water partition coefficient (Wildman–Crippen LogP) is 0.0841. The fourth-order valence-electron chi connectivity index (χ4n) is 2.89. The van der Waals surface area contributed by atoms with Gasteiger partial charge in [0.1, 0.15) is 0 Å². The molecule has 18 heavy (non-hydrogen) atoms. The molecule has 0 aromatic rings. The molecular weight excluding hydrogens is 232 g/mol. The zero-order valence-corrected chi connectivity index (χ0v) is 11.1. The van der Waals surface area contributed by atoms with E-state index in [-0.39, 0.29) is 23.8 Å². The van der Waals surface area contributed by atoms with Gasteiger partial charge in [-0.3, -0.25) is 9.59 Å². The molecule has 0 aliphatic carbocycles. The van der Waals surface area contributed by atoms with Crippen molar-refractivity contribution in [3.8, 4) is 0 Å². The van der Waals surface area contributed by atoms with Gasteiger partial charge in [0.05, 0.1) is 12.0 Å². The molecule has 2 fully saturated rings. The first-order valence-electron chi connectivity index (χ1n) is 6.70. The van der Waals surface area contributed by atoms with Crippen molar-refractivity contribution >= 4 is 11.8 Å². The fourth-order valence-corrected chi connectivity index (χ4v) is 2.89. The van der Waals surface area contributed by atoms with E-state index in [9.17, 15) is 14.7 Å². The van der Waals surface area contributed by atoms with Gasteiger partial charge in [-0.2, -0.15) is 0 Å². The molecule has 2 amide bonds. The molecule has 5 heteroatoms. The lowest BCUT2D eigenvalue weighted by atomic mass is 9.91. The first-order chi connectivity index (χ1) is 8.49. The van der Waals surface area contributed by atoms with Crippen LogP contribution in [0.2, 0.25) is 0 Å². The van der Waals surface area contributed by atoms with Crippen LogP contribution in [0.1, 0.15) is 26.2 Å². The van der Waals surface area contributed by atoms with Gasteiger partial charge in [0.2, 0.25) is 11.8 Å². The third-order valence-corrected chi connectivity index (χ3v) is 4.22. The molecule has 2 aliphatic rings. The number of hydrogen-bond acceptors (Lipinski definition) is 3. The van der Waals surface area contributed by atoms with Gasteiger partial charge in [-0.05, 0) is 25.7 Å². The number of carbonyl (C=O) groups excluding carboxylic acids is 2. The minimum atomic E-state index is -0.290. The highest BCUT2D eigenvalue weighted by Gasteiger charge is 2.36. The Morgan fingerprint density at radius 3 is 2.44 bits per heavy atom. The number of piperidine rings is 1. The summed E-state index contributed by atoms with van der Waals surface area (Å²) in [6.45, 7) is 3.78. The molecule has 0 saturated carbocycles. The van der Waals surface area contributed by atoms with Crippen LogP contribution < -0.4 is 0 Å². The largest absolute Gasteiger partial charge is 0.393 e. The van der Waals surface area contributed by atoms with Gasteiger partial charge in [-0.15, -0.1) is 0 Å². The lowest BCUT2D eigenvalue weighted by Crippen LogP contribution is -2.43. The molecule has 2 saturated heterocycles. The van der Waals surface area contributed by atoms with E-state index < -0.39 is 0 Å². The van der Waals surface area contributed by atoms with Crippen molar-refractivity contribution in [1.82, 2.24) is 9.80 Å². The van der Waals surface area contributed by atoms with Gasteiger partial charge >= 0.3 is 0 Å². The van der Waals surface area contributed by atoms with Crippen LogP contribution in [0.5, 0.6) is 0 Å². The molecule has 2 heterocycles. The van der Waals surface area contributed by atoms with E-state index in [0.29, 0.717) is 32.0 Å². The number of rotatable bonds is 2. The van der Waals surface area contributed by atoms with Crippen LogP contribution in [0.4, 0.5) is 0 Å². The van der Waals surface area contributed by atoms with Crippen molar-refractivity contribution in [2.75, 3.05) is 26.7 Å². The maximum absolute atomic E-state index is 12.3. The molecular formula is C13H22N2O3. The number of aliphatic hydroxyl groups is 1. The highest BCUT2D eigenvalue weighted by molar-refractivity contribution is 5.89. The average molecular weight is 254 g/mol. The molecule has 2 unspecified atom stereocenters. The Bertz CT molecular complexity index is 335. The van der Waals surface area contributed by atoms with E-state index in [2.05, 4.69) is 0 Å². The molecule has 0 spiro atoms. The summed E-state index contributed by atoms with van der Waals surface area (Å²) in [7, 11) is 1.75. The van der Waals surface area contributed by atoms with Crippen molar-refractivity contribution in [1.29, 1.82) is 0 Å². The average Bonchev–Trinajstić information content (AvgIpc) is 2.69. The Labute approximate surface area is 108 Å². The zero-order chi connectivity index (χ0) is 13.3. The maximum Gasteiger partial charge on any atom is 0.227 e. The van der Waals surface area contributed by atoms with Crippen LogP contribution in [-0.4, -0.2) is 59.5 Å². The fraction of sp³-hybridized carbons (Fsp3) is 0.846. The Kier molecular flexibility index (Phi) is 3.90. The quantitative estimate of drug-likeness (QED) is 0.759. The summed E-state index contributed by atoms with van der Waals surface area (Å²) in [5.41, 5.74) is 0. The van der Waals surface area contributed by atoms with Crippen LogP contribution in [0.3, 0.4) is 0 Å². The SMILES string of the molecule is CC(O)C1CCN(C(=O)C2CC(=O)N(C)C2)CC1. The first-order valence-corrected chi connectivity index (χ1v) is 6.70. The standard InChI is InChI=1S/C13H22N2O3/c1-9(16)10-3-5-15(6-4-10)13(18)11-7-12(17)14(2)8-11/h9-11,16H,3-8H2,1-2H3. The van der Waals surface area contributed by atoms with E-state index in [0.717, 1.165) is 12.8 Å². The molecule has 0 aromatic heterocycles. The molecule has 0 radical (unpaired) electrons. The molecule has 5 nitrogen and oxygen atoms in total. The van der Waals surface area contributed by atoms with Crippen molar-refractivity contribution in [2.24, 2.45) is 11.8 Å². The van der Waals surface area contributed by atoms with Gasteiger partial charge in [0.15, 0.2) is 0 Å². The lowest BCUT2D eigenvalue weighted by molar-refractivity contribution is -0.137. The van der Waals surface area contributed by atoms with E-state index in [1.54, 1.807) is 11.9 Å². The van der Waals surface area contributed by atoms with E-state index in [1.807, 2.05) is 11.8 Å². The topological polar surface area (TPSA) is 60.9 Å². The third-order valence-electron chi connectivity index (χ3n) is 4.22. The highest BCUT2D eigenvalue weighted by atomic mass is 16.3. The Morgan fingerprint density at radius 1 is 1.39 bits per heavy atom. The molecule has 0 bridgehead atoms. The number of amides is 2. The maximum atomic E-state index is 12.3. The van der Waals surface area contributed by atoms with Crippen LogP contribution in [0.25, 0.3) is 0 Å².